The van der Waals surface area contributed by atoms with Gasteiger partial charge in [0, 0.05) is 12.6 Å². The minimum absolute atomic E-state index is 0.114. The molecule has 0 aromatic heterocycles. The number of hydrogen-bond acceptors (Lipinski definition) is 4. The Kier molecular flexibility index (Phi) is 10.4. The van der Waals surface area contributed by atoms with Crippen LogP contribution in [-0.2, 0) is 26.0 Å². The van der Waals surface area contributed by atoms with Gasteiger partial charge in [0.15, 0.2) is 0 Å². The second-order valence-electron chi connectivity index (χ2n) is 11.3. The Morgan fingerprint density at radius 1 is 0.905 bits per heavy atom. The molecule has 1 fully saturated rings. The first-order chi connectivity index (χ1) is 20.1. The van der Waals surface area contributed by atoms with Gasteiger partial charge in [0.25, 0.3) is 10.0 Å². The molecule has 1 saturated carbocycles. The molecule has 0 aliphatic heterocycles. The number of carbonyl (C=O) groups is 2. The SMILES string of the molecule is CC[C@@H](C(=O)NC1CCCC1)N(CCc1ccccc1)C(=O)CN(c1cccc(C)c1C)S(=O)(=O)c1ccc(C)cc1. The maximum atomic E-state index is 14.3. The molecule has 1 atom stereocenters. The number of nitrogens with zero attached hydrogens (tertiary/aromatic N) is 2. The smallest absolute Gasteiger partial charge is 0.264 e. The Bertz CT molecular complexity index is 1470. The van der Waals surface area contributed by atoms with Crippen molar-refractivity contribution < 1.29 is 18.0 Å². The standard InChI is InChI=1S/C34H43N3O4S/c1-5-31(34(39)35-29-15-9-10-16-29)36(23-22-28-13-7-6-8-14-28)33(38)24-37(32-17-11-12-26(3)27(32)4)42(40,41)30-20-18-25(2)19-21-30/h6-8,11-14,17-21,29,31H,5,9-10,15-16,22-24H2,1-4H3,(H,35,39)/t31-/m0/s1. The lowest BCUT2D eigenvalue weighted by molar-refractivity contribution is -0.139. The zero-order valence-corrected chi connectivity index (χ0v) is 26.0. The lowest BCUT2D eigenvalue weighted by Crippen LogP contribution is -2.54. The van der Waals surface area contributed by atoms with Crippen molar-refractivity contribution in [3.8, 4) is 0 Å². The van der Waals surface area contributed by atoms with E-state index in [2.05, 4.69) is 5.32 Å². The molecule has 8 heteroatoms. The Labute approximate surface area is 251 Å². The lowest BCUT2D eigenvalue weighted by atomic mass is 10.1. The summed E-state index contributed by atoms with van der Waals surface area (Å²) in [6, 6.07) is 21.3. The van der Waals surface area contributed by atoms with Crippen molar-refractivity contribution in [2.75, 3.05) is 17.4 Å². The molecule has 224 valence electrons. The second kappa shape index (κ2) is 14.0. The summed E-state index contributed by atoms with van der Waals surface area (Å²) in [6.07, 6.45) is 5.02. The van der Waals surface area contributed by atoms with E-state index in [0.717, 1.165) is 47.9 Å². The van der Waals surface area contributed by atoms with Gasteiger partial charge < -0.3 is 10.2 Å². The van der Waals surface area contributed by atoms with Gasteiger partial charge >= 0.3 is 0 Å². The van der Waals surface area contributed by atoms with Gasteiger partial charge in [-0.3, -0.25) is 13.9 Å². The third-order valence-electron chi connectivity index (χ3n) is 8.30. The van der Waals surface area contributed by atoms with E-state index in [0.29, 0.717) is 25.1 Å². The van der Waals surface area contributed by atoms with Gasteiger partial charge in [0.2, 0.25) is 11.8 Å². The van der Waals surface area contributed by atoms with Crippen LogP contribution in [0.5, 0.6) is 0 Å². The predicted molar refractivity (Wildman–Crippen MR) is 168 cm³/mol. The number of sulfonamides is 1. The predicted octanol–water partition coefficient (Wildman–Crippen LogP) is 5.72. The van der Waals surface area contributed by atoms with Crippen molar-refractivity contribution in [1.29, 1.82) is 0 Å². The average Bonchev–Trinajstić information content (AvgIpc) is 3.49. The van der Waals surface area contributed by atoms with Crippen molar-refractivity contribution in [2.45, 2.75) is 83.2 Å². The molecule has 4 rings (SSSR count). The molecule has 0 heterocycles. The largest absolute Gasteiger partial charge is 0.352 e. The summed E-state index contributed by atoms with van der Waals surface area (Å²) in [4.78, 5) is 29.5. The zero-order valence-electron chi connectivity index (χ0n) is 25.2. The molecule has 3 aromatic rings. The molecule has 3 aromatic carbocycles. The molecule has 1 aliphatic carbocycles. The van der Waals surface area contributed by atoms with E-state index in [-0.39, 0.29) is 16.8 Å². The number of aryl methyl sites for hydroxylation is 2. The van der Waals surface area contributed by atoms with E-state index >= 15 is 0 Å². The summed E-state index contributed by atoms with van der Waals surface area (Å²) < 4.78 is 29.5. The second-order valence-corrected chi connectivity index (χ2v) is 13.1. The molecule has 0 radical (unpaired) electrons. The first kappa shape index (κ1) is 31.3. The van der Waals surface area contributed by atoms with Gasteiger partial charge in [0.1, 0.15) is 12.6 Å². The van der Waals surface area contributed by atoms with E-state index in [4.69, 9.17) is 0 Å². The maximum absolute atomic E-state index is 14.3. The van der Waals surface area contributed by atoms with Crippen molar-refractivity contribution in [3.05, 3.63) is 95.1 Å². The molecule has 1 aliphatic rings. The van der Waals surface area contributed by atoms with Crippen molar-refractivity contribution in [2.24, 2.45) is 0 Å². The van der Waals surface area contributed by atoms with Crippen LogP contribution in [0, 0.1) is 20.8 Å². The highest BCUT2D eigenvalue weighted by molar-refractivity contribution is 7.92. The highest BCUT2D eigenvalue weighted by Crippen LogP contribution is 2.29. The van der Waals surface area contributed by atoms with Crippen LogP contribution in [-0.4, -0.2) is 50.3 Å². The van der Waals surface area contributed by atoms with Crippen LogP contribution in [0.2, 0.25) is 0 Å². The van der Waals surface area contributed by atoms with Gasteiger partial charge in [-0.15, -0.1) is 0 Å². The summed E-state index contributed by atoms with van der Waals surface area (Å²) in [5.74, 6) is -0.582. The molecule has 0 saturated heterocycles. The minimum Gasteiger partial charge on any atom is -0.352 e. The molecule has 0 spiro atoms. The van der Waals surface area contributed by atoms with Crippen LogP contribution >= 0.6 is 0 Å². The third kappa shape index (κ3) is 7.40. The normalized spacial score (nSPS) is 14.4. The summed E-state index contributed by atoms with van der Waals surface area (Å²) in [5, 5.41) is 3.16. The highest BCUT2D eigenvalue weighted by Gasteiger charge is 2.34. The third-order valence-corrected chi connectivity index (χ3v) is 10.1. The van der Waals surface area contributed by atoms with Crippen LogP contribution in [0.15, 0.2) is 77.7 Å². The van der Waals surface area contributed by atoms with E-state index in [1.165, 1.54) is 4.31 Å². The Morgan fingerprint density at radius 3 is 2.21 bits per heavy atom. The summed E-state index contributed by atoms with van der Waals surface area (Å²) in [5.41, 5.74) is 4.14. The lowest BCUT2D eigenvalue weighted by Gasteiger charge is -2.34. The zero-order chi connectivity index (χ0) is 30.3. The molecule has 42 heavy (non-hydrogen) atoms. The van der Waals surface area contributed by atoms with Crippen molar-refractivity contribution in [1.82, 2.24) is 10.2 Å². The van der Waals surface area contributed by atoms with Crippen LogP contribution in [0.25, 0.3) is 0 Å². The number of amides is 2. The number of carbonyl (C=O) groups excluding carboxylic acids is 2. The Hall–Kier alpha value is -3.65. The van der Waals surface area contributed by atoms with E-state index in [9.17, 15) is 18.0 Å². The molecule has 7 nitrogen and oxygen atoms in total. The number of anilines is 1. The van der Waals surface area contributed by atoms with Crippen molar-refractivity contribution >= 4 is 27.5 Å². The monoisotopic (exact) mass is 589 g/mol. The molecule has 2 amide bonds. The summed E-state index contributed by atoms with van der Waals surface area (Å²) in [7, 11) is -4.09. The average molecular weight is 590 g/mol. The Morgan fingerprint density at radius 2 is 1.57 bits per heavy atom. The van der Waals surface area contributed by atoms with Crippen LogP contribution in [0.4, 0.5) is 5.69 Å². The quantitative estimate of drug-likeness (QED) is 0.293. The van der Waals surface area contributed by atoms with Gasteiger partial charge in [-0.05, 0) is 81.3 Å². The van der Waals surface area contributed by atoms with E-state index < -0.39 is 28.5 Å². The number of hydrogen-bond donors (Lipinski definition) is 1. The summed E-state index contributed by atoms with van der Waals surface area (Å²) in [6.45, 7) is 7.46. The fourth-order valence-electron chi connectivity index (χ4n) is 5.62. The van der Waals surface area contributed by atoms with E-state index in [1.54, 1.807) is 41.3 Å². The topological polar surface area (TPSA) is 86.8 Å². The molecule has 0 unspecified atom stereocenters. The first-order valence-electron chi connectivity index (χ1n) is 14.9. The van der Waals surface area contributed by atoms with Crippen LogP contribution in [0.1, 0.15) is 61.3 Å². The van der Waals surface area contributed by atoms with Gasteiger partial charge in [0.05, 0.1) is 10.6 Å². The highest BCUT2D eigenvalue weighted by atomic mass is 32.2. The molecule has 1 N–H and O–H groups in total. The fraction of sp³-hybridized carbons (Fsp3) is 0.412. The van der Waals surface area contributed by atoms with Crippen molar-refractivity contribution in [3.63, 3.8) is 0 Å². The molecular formula is C34H43N3O4S. The number of rotatable bonds is 12. The maximum Gasteiger partial charge on any atom is 0.264 e. The first-order valence-corrected chi connectivity index (χ1v) is 16.3. The van der Waals surface area contributed by atoms with Gasteiger partial charge in [-0.1, -0.05) is 79.9 Å². The number of nitrogens with one attached hydrogen (secondary N) is 1. The number of benzene rings is 3. The summed E-state index contributed by atoms with van der Waals surface area (Å²) >= 11 is 0. The molecule has 0 bridgehead atoms. The van der Waals surface area contributed by atoms with E-state index in [1.807, 2.05) is 64.1 Å². The molecular weight excluding hydrogens is 546 g/mol. The Balaban J connectivity index is 1.70. The van der Waals surface area contributed by atoms with Gasteiger partial charge in [-0.2, -0.15) is 0 Å². The minimum atomic E-state index is -4.09. The van der Waals surface area contributed by atoms with Crippen LogP contribution in [0.3, 0.4) is 0 Å². The van der Waals surface area contributed by atoms with Gasteiger partial charge in [-0.25, -0.2) is 8.42 Å². The van der Waals surface area contributed by atoms with Crippen LogP contribution < -0.4 is 9.62 Å². The fourth-order valence-corrected chi connectivity index (χ4v) is 7.09.